The molecule has 2 aliphatic rings. The SMILES string of the molecule is CON1C=NC=C2N=C(c3ccc(Oc4ccccc4F)c(C#N)c3)SC21. The van der Waals surface area contributed by atoms with E-state index in [1.165, 1.54) is 23.9 Å². The van der Waals surface area contributed by atoms with E-state index >= 15 is 0 Å². The van der Waals surface area contributed by atoms with Gasteiger partial charge in [-0.3, -0.25) is 4.84 Å². The first kappa shape index (κ1) is 17.3. The Morgan fingerprint density at radius 2 is 2.07 bits per heavy atom. The van der Waals surface area contributed by atoms with Gasteiger partial charge in [0, 0.05) is 5.56 Å². The van der Waals surface area contributed by atoms with E-state index in [0.717, 1.165) is 16.3 Å². The summed E-state index contributed by atoms with van der Waals surface area (Å²) in [5, 5.41) is 11.7. The quantitative estimate of drug-likeness (QED) is 0.800. The molecule has 0 aromatic heterocycles. The smallest absolute Gasteiger partial charge is 0.165 e. The van der Waals surface area contributed by atoms with Crippen LogP contribution in [0.25, 0.3) is 0 Å². The highest BCUT2D eigenvalue weighted by molar-refractivity contribution is 8.15. The minimum absolute atomic E-state index is 0.0680. The molecule has 0 amide bonds. The summed E-state index contributed by atoms with van der Waals surface area (Å²) < 4.78 is 19.4. The predicted molar refractivity (Wildman–Crippen MR) is 101 cm³/mol. The number of hydrogen-bond acceptors (Lipinski definition) is 7. The third kappa shape index (κ3) is 3.30. The normalized spacial score (nSPS) is 17.8. The Labute approximate surface area is 159 Å². The van der Waals surface area contributed by atoms with Crippen LogP contribution in [-0.4, -0.2) is 28.9 Å². The first-order valence-electron chi connectivity index (χ1n) is 7.97. The average Bonchev–Trinajstić information content (AvgIpc) is 3.14. The number of ether oxygens (including phenoxy) is 1. The molecule has 0 spiro atoms. The second-order valence-corrected chi connectivity index (χ2v) is 6.67. The second kappa shape index (κ2) is 7.23. The van der Waals surface area contributed by atoms with Gasteiger partial charge in [0.15, 0.2) is 16.9 Å². The highest BCUT2D eigenvalue weighted by atomic mass is 32.2. The molecule has 2 aromatic rings. The average molecular weight is 380 g/mol. The van der Waals surface area contributed by atoms with E-state index in [0.29, 0.717) is 5.56 Å². The van der Waals surface area contributed by atoms with Gasteiger partial charge in [-0.1, -0.05) is 23.9 Å². The standard InChI is InChI=1S/C19H13FN4O2S/c1-25-24-11-22-10-15-19(24)27-18(23-15)12-6-7-16(13(8-12)9-21)26-17-5-3-2-4-14(17)20/h2-8,10-11,19H,1H3. The summed E-state index contributed by atoms with van der Waals surface area (Å²) in [6.07, 6.45) is 3.27. The van der Waals surface area contributed by atoms with Crippen LogP contribution in [0.4, 0.5) is 4.39 Å². The summed E-state index contributed by atoms with van der Waals surface area (Å²) in [4.78, 5) is 13.9. The monoisotopic (exact) mass is 380 g/mol. The summed E-state index contributed by atoms with van der Waals surface area (Å²) >= 11 is 1.49. The number of para-hydroxylation sites is 1. The van der Waals surface area contributed by atoms with Crippen LogP contribution in [0.2, 0.25) is 0 Å². The van der Waals surface area contributed by atoms with Gasteiger partial charge >= 0.3 is 0 Å². The maximum Gasteiger partial charge on any atom is 0.165 e. The number of halogens is 1. The van der Waals surface area contributed by atoms with E-state index < -0.39 is 5.82 Å². The van der Waals surface area contributed by atoms with E-state index in [2.05, 4.69) is 16.1 Å². The Balaban J connectivity index is 1.62. The molecule has 8 heteroatoms. The van der Waals surface area contributed by atoms with Crippen LogP contribution in [0.15, 0.2) is 64.3 Å². The molecule has 6 nitrogen and oxygen atoms in total. The van der Waals surface area contributed by atoms with Gasteiger partial charge in [-0.15, -0.1) is 0 Å². The summed E-state index contributed by atoms with van der Waals surface area (Å²) in [5.74, 6) is -0.135. The van der Waals surface area contributed by atoms with Crippen LogP contribution in [0.3, 0.4) is 0 Å². The molecule has 0 aliphatic carbocycles. The van der Waals surface area contributed by atoms with Gasteiger partial charge in [0.25, 0.3) is 0 Å². The van der Waals surface area contributed by atoms with Crippen molar-refractivity contribution >= 4 is 23.1 Å². The fraction of sp³-hybridized carbons (Fsp3) is 0.105. The molecule has 0 fully saturated rings. The summed E-state index contributed by atoms with van der Waals surface area (Å²) in [6.45, 7) is 0. The molecule has 0 radical (unpaired) electrons. The molecule has 0 bridgehead atoms. The van der Waals surface area contributed by atoms with Gasteiger partial charge in [-0.05, 0) is 30.3 Å². The molecular formula is C19H13FN4O2S. The molecule has 2 aromatic carbocycles. The predicted octanol–water partition coefficient (Wildman–Crippen LogP) is 4.06. The number of aliphatic imine (C=N–C) groups is 2. The van der Waals surface area contributed by atoms with E-state index in [9.17, 15) is 9.65 Å². The third-order valence-corrected chi connectivity index (χ3v) is 5.16. The molecular weight excluding hydrogens is 367 g/mol. The molecule has 2 heterocycles. The fourth-order valence-electron chi connectivity index (χ4n) is 2.64. The van der Waals surface area contributed by atoms with Crippen molar-refractivity contribution in [2.24, 2.45) is 9.98 Å². The Hall–Kier alpha value is -3.15. The number of rotatable bonds is 4. The van der Waals surface area contributed by atoms with Crippen molar-refractivity contribution < 1.29 is 14.0 Å². The number of hydrogen-bond donors (Lipinski definition) is 0. The van der Waals surface area contributed by atoms with Gasteiger partial charge in [0.1, 0.15) is 23.2 Å². The number of fused-ring (bicyclic) bond motifs is 1. The molecule has 1 atom stereocenters. The fourth-order valence-corrected chi connectivity index (χ4v) is 3.75. The maximum atomic E-state index is 13.8. The van der Waals surface area contributed by atoms with Gasteiger partial charge in [0.2, 0.25) is 0 Å². The van der Waals surface area contributed by atoms with Crippen molar-refractivity contribution in [2.45, 2.75) is 5.37 Å². The highest BCUT2D eigenvalue weighted by Gasteiger charge is 2.32. The Morgan fingerprint density at radius 3 is 2.85 bits per heavy atom. The molecule has 27 heavy (non-hydrogen) atoms. The van der Waals surface area contributed by atoms with Crippen molar-refractivity contribution in [1.82, 2.24) is 5.06 Å². The molecule has 1 unspecified atom stereocenters. The van der Waals surface area contributed by atoms with Crippen molar-refractivity contribution in [3.63, 3.8) is 0 Å². The highest BCUT2D eigenvalue weighted by Crippen LogP contribution is 2.37. The summed E-state index contributed by atoms with van der Waals surface area (Å²) in [7, 11) is 1.57. The van der Waals surface area contributed by atoms with Gasteiger partial charge in [0.05, 0.1) is 24.6 Å². The molecule has 0 N–H and O–H groups in total. The third-order valence-electron chi connectivity index (χ3n) is 3.94. The second-order valence-electron chi connectivity index (χ2n) is 5.60. The van der Waals surface area contributed by atoms with Crippen LogP contribution >= 0.6 is 11.8 Å². The number of thioether (sulfide) groups is 1. The summed E-state index contributed by atoms with van der Waals surface area (Å²) in [6, 6.07) is 13.3. The lowest BCUT2D eigenvalue weighted by atomic mass is 10.1. The number of nitriles is 1. The van der Waals surface area contributed by atoms with Crippen molar-refractivity contribution in [3.8, 4) is 17.6 Å². The minimum Gasteiger partial charge on any atom is -0.453 e. The van der Waals surface area contributed by atoms with Crippen molar-refractivity contribution in [1.29, 1.82) is 5.26 Å². The minimum atomic E-state index is -0.489. The lowest BCUT2D eigenvalue weighted by molar-refractivity contribution is -0.0617. The Kier molecular flexibility index (Phi) is 4.62. The van der Waals surface area contributed by atoms with Crippen molar-refractivity contribution in [2.75, 3.05) is 7.11 Å². The molecule has 0 saturated carbocycles. The van der Waals surface area contributed by atoms with Gasteiger partial charge < -0.3 is 4.74 Å². The maximum absolute atomic E-state index is 13.8. The number of nitrogens with zero attached hydrogens (tertiary/aromatic N) is 4. The lowest BCUT2D eigenvalue weighted by Crippen LogP contribution is -2.32. The van der Waals surface area contributed by atoms with Crippen LogP contribution in [0.1, 0.15) is 11.1 Å². The van der Waals surface area contributed by atoms with E-state index in [1.807, 2.05) is 0 Å². The zero-order valence-corrected chi connectivity index (χ0v) is 15.0. The van der Waals surface area contributed by atoms with Crippen LogP contribution in [0, 0.1) is 17.1 Å². The van der Waals surface area contributed by atoms with E-state index in [4.69, 9.17) is 9.57 Å². The molecule has 134 valence electrons. The summed E-state index contributed by atoms with van der Waals surface area (Å²) in [5.41, 5.74) is 1.83. The zero-order valence-electron chi connectivity index (χ0n) is 14.2. The first-order chi connectivity index (χ1) is 13.2. The van der Waals surface area contributed by atoms with Gasteiger partial charge in [-0.2, -0.15) is 5.26 Å². The largest absolute Gasteiger partial charge is 0.453 e. The number of hydroxylamine groups is 2. The van der Waals surface area contributed by atoms with E-state index in [-0.39, 0.29) is 16.9 Å². The van der Waals surface area contributed by atoms with Crippen LogP contribution < -0.4 is 4.74 Å². The number of benzene rings is 2. The topological polar surface area (TPSA) is 70.2 Å². The van der Waals surface area contributed by atoms with Crippen molar-refractivity contribution in [3.05, 3.63) is 71.3 Å². The molecule has 2 aliphatic heterocycles. The van der Waals surface area contributed by atoms with E-state index in [1.54, 1.807) is 55.0 Å². The molecule has 0 saturated heterocycles. The van der Waals surface area contributed by atoms with Crippen LogP contribution in [0.5, 0.6) is 11.5 Å². The van der Waals surface area contributed by atoms with Crippen LogP contribution in [-0.2, 0) is 4.84 Å². The molecule has 4 rings (SSSR count). The Morgan fingerprint density at radius 1 is 1.22 bits per heavy atom. The lowest BCUT2D eigenvalue weighted by Gasteiger charge is -2.24. The zero-order chi connectivity index (χ0) is 18.8. The van der Waals surface area contributed by atoms with Gasteiger partial charge in [-0.25, -0.2) is 19.4 Å². The first-order valence-corrected chi connectivity index (χ1v) is 8.85. The Bertz CT molecular complexity index is 1030.